The summed E-state index contributed by atoms with van der Waals surface area (Å²) < 4.78 is 23.2. The van der Waals surface area contributed by atoms with Gasteiger partial charge in [-0.3, -0.25) is 0 Å². The predicted molar refractivity (Wildman–Crippen MR) is 54.0 cm³/mol. The normalized spacial score (nSPS) is 25.2. The van der Waals surface area contributed by atoms with Gasteiger partial charge in [-0.05, 0) is 19.9 Å². The molecule has 80 valence electrons. The number of nitrogens with two attached hydrogens (primary N) is 1. The van der Waals surface area contributed by atoms with E-state index in [-0.39, 0.29) is 18.4 Å². The Labute approximate surface area is 85.3 Å². The van der Waals surface area contributed by atoms with Crippen molar-refractivity contribution < 1.29 is 8.42 Å². The van der Waals surface area contributed by atoms with Crippen molar-refractivity contribution in [2.24, 2.45) is 5.14 Å². The van der Waals surface area contributed by atoms with Crippen LogP contribution in [0.25, 0.3) is 0 Å². The third-order valence-corrected chi connectivity index (χ3v) is 3.20. The highest BCUT2D eigenvalue weighted by molar-refractivity contribution is 7.86. The van der Waals surface area contributed by atoms with Crippen molar-refractivity contribution in [1.82, 2.24) is 9.62 Å². The Morgan fingerprint density at radius 3 is 2.62 bits per heavy atom. The monoisotopic (exact) mass is 229 g/mol. The molecule has 0 bridgehead atoms. The van der Waals surface area contributed by atoms with E-state index >= 15 is 0 Å². The first kappa shape index (κ1) is 13.1. The minimum atomic E-state index is -3.48. The van der Waals surface area contributed by atoms with E-state index in [9.17, 15) is 8.42 Å². The molecule has 0 aromatic rings. The SMILES string of the molecule is CNC1CCCN(S(N)(=O)=O)C1.Cl. The van der Waals surface area contributed by atoms with Crippen LogP contribution in [0, 0.1) is 0 Å². The van der Waals surface area contributed by atoms with Crippen LogP contribution in [0.4, 0.5) is 0 Å². The van der Waals surface area contributed by atoms with E-state index < -0.39 is 10.2 Å². The van der Waals surface area contributed by atoms with Crippen molar-refractivity contribution in [3.63, 3.8) is 0 Å². The lowest BCUT2D eigenvalue weighted by Crippen LogP contribution is -2.49. The van der Waals surface area contributed by atoms with Crippen LogP contribution in [0.15, 0.2) is 0 Å². The van der Waals surface area contributed by atoms with Gasteiger partial charge in [-0.1, -0.05) is 0 Å². The van der Waals surface area contributed by atoms with Crippen LogP contribution >= 0.6 is 12.4 Å². The molecule has 7 heteroatoms. The summed E-state index contributed by atoms with van der Waals surface area (Å²) in [4.78, 5) is 0. The third kappa shape index (κ3) is 3.78. The minimum absolute atomic E-state index is 0. The lowest BCUT2D eigenvalue weighted by molar-refractivity contribution is 0.293. The van der Waals surface area contributed by atoms with Gasteiger partial charge in [0, 0.05) is 19.1 Å². The lowest BCUT2D eigenvalue weighted by Gasteiger charge is -2.30. The molecule has 0 radical (unpaired) electrons. The first-order chi connectivity index (χ1) is 5.54. The van der Waals surface area contributed by atoms with Crippen LogP contribution in [0.3, 0.4) is 0 Å². The van der Waals surface area contributed by atoms with E-state index in [2.05, 4.69) is 5.32 Å². The second kappa shape index (κ2) is 5.11. The molecular weight excluding hydrogens is 214 g/mol. The topological polar surface area (TPSA) is 75.4 Å². The molecule has 1 fully saturated rings. The van der Waals surface area contributed by atoms with Crippen molar-refractivity contribution in [1.29, 1.82) is 0 Å². The lowest BCUT2D eigenvalue weighted by atomic mass is 10.1. The van der Waals surface area contributed by atoms with Crippen LogP contribution in [-0.2, 0) is 10.2 Å². The van der Waals surface area contributed by atoms with Crippen LogP contribution in [-0.4, -0.2) is 38.9 Å². The molecule has 0 amide bonds. The second-order valence-corrected chi connectivity index (χ2v) is 4.58. The third-order valence-electron chi connectivity index (χ3n) is 2.15. The van der Waals surface area contributed by atoms with Crippen molar-refractivity contribution >= 4 is 22.6 Å². The zero-order chi connectivity index (χ0) is 9.19. The Morgan fingerprint density at radius 2 is 2.15 bits per heavy atom. The first-order valence-corrected chi connectivity index (χ1v) is 5.49. The van der Waals surface area contributed by atoms with E-state index in [0.717, 1.165) is 12.8 Å². The molecule has 1 saturated heterocycles. The van der Waals surface area contributed by atoms with Crippen LogP contribution in [0.1, 0.15) is 12.8 Å². The second-order valence-electron chi connectivity index (χ2n) is 3.03. The summed E-state index contributed by atoms with van der Waals surface area (Å²) >= 11 is 0. The molecule has 0 aromatic heterocycles. The fraction of sp³-hybridized carbons (Fsp3) is 1.00. The number of nitrogens with one attached hydrogen (secondary N) is 1. The number of likely N-dealkylation sites (N-methyl/N-ethyl adjacent to an activating group) is 1. The number of hydrogen-bond donors (Lipinski definition) is 2. The fourth-order valence-electron chi connectivity index (χ4n) is 1.41. The molecule has 5 nitrogen and oxygen atoms in total. The summed E-state index contributed by atoms with van der Waals surface area (Å²) in [7, 11) is -1.64. The molecule has 3 N–H and O–H groups in total. The Morgan fingerprint density at radius 1 is 1.54 bits per heavy atom. The zero-order valence-electron chi connectivity index (χ0n) is 7.56. The minimum Gasteiger partial charge on any atom is -0.316 e. The molecule has 1 aliphatic rings. The van der Waals surface area contributed by atoms with Gasteiger partial charge in [0.15, 0.2) is 0 Å². The molecular formula is C6H16ClN3O2S. The van der Waals surface area contributed by atoms with Gasteiger partial charge in [0.05, 0.1) is 0 Å². The highest BCUT2D eigenvalue weighted by atomic mass is 35.5. The smallest absolute Gasteiger partial charge is 0.276 e. The Hall–Kier alpha value is 0.120. The van der Waals surface area contributed by atoms with Crippen molar-refractivity contribution in [2.75, 3.05) is 20.1 Å². The average molecular weight is 230 g/mol. The van der Waals surface area contributed by atoms with Gasteiger partial charge in [-0.25, -0.2) is 5.14 Å². The van der Waals surface area contributed by atoms with Crippen molar-refractivity contribution in [3.05, 3.63) is 0 Å². The average Bonchev–Trinajstić information content (AvgIpc) is 2.03. The number of hydrogen-bond acceptors (Lipinski definition) is 3. The largest absolute Gasteiger partial charge is 0.316 e. The Balaban J connectivity index is 0.00000144. The van der Waals surface area contributed by atoms with Gasteiger partial charge in [0.2, 0.25) is 0 Å². The van der Waals surface area contributed by atoms with Crippen LogP contribution in [0.2, 0.25) is 0 Å². The number of rotatable bonds is 2. The predicted octanol–water partition coefficient (Wildman–Crippen LogP) is -0.704. The molecule has 1 heterocycles. The Kier molecular flexibility index (Phi) is 5.16. The summed E-state index contributed by atoms with van der Waals surface area (Å²) in [6.45, 7) is 1.05. The van der Waals surface area contributed by atoms with E-state index in [1.165, 1.54) is 4.31 Å². The molecule has 0 aliphatic carbocycles. The molecule has 13 heavy (non-hydrogen) atoms. The fourth-order valence-corrected chi connectivity index (χ4v) is 2.18. The van der Waals surface area contributed by atoms with Gasteiger partial charge in [-0.15, -0.1) is 12.4 Å². The van der Waals surface area contributed by atoms with Crippen molar-refractivity contribution in [3.8, 4) is 0 Å². The van der Waals surface area contributed by atoms with Crippen LogP contribution < -0.4 is 10.5 Å². The van der Waals surface area contributed by atoms with Gasteiger partial charge >= 0.3 is 0 Å². The van der Waals surface area contributed by atoms with E-state index in [0.29, 0.717) is 13.1 Å². The summed E-state index contributed by atoms with van der Waals surface area (Å²) in [6, 6.07) is 0.247. The molecule has 1 rings (SSSR count). The number of piperidine rings is 1. The van der Waals surface area contributed by atoms with Gasteiger partial charge in [0.25, 0.3) is 10.2 Å². The quantitative estimate of drug-likeness (QED) is 0.657. The highest BCUT2D eigenvalue weighted by Gasteiger charge is 2.24. The summed E-state index contributed by atoms with van der Waals surface area (Å²) in [5.41, 5.74) is 0. The molecule has 1 aliphatic heterocycles. The summed E-state index contributed by atoms with van der Waals surface area (Å²) in [5.74, 6) is 0. The van der Waals surface area contributed by atoms with Crippen molar-refractivity contribution in [2.45, 2.75) is 18.9 Å². The van der Waals surface area contributed by atoms with E-state index in [1.807, 2.05) is 7.05 Å². The maximum Gasteiger partial charge on any atom is 0.276 e. The summed E-state index contributed by atoms with van der Waals surface area (Å²) in [6.07, 6.45) is 1.89. The Bertz CT molecular complexity index is 244. The van der Waals surface area contributed by atoms with Gasteiger partial charge in [-0.2, -0.15) is 12.7 Å². The zero-order valence-corrected chi connectivity index (χ0v) is 9.20. The number of halogens is 1. The van der Waals surface area contributed by atoms with Crippen LogP contribution in [0.5, 0.6) is 0 Å². The van der Waals surface area contributed by atoms with Gasteiger partial charge in [0.1, 0.15) is 0 Å². The summed E-state index contributed by atoms with van der Waals surface area (Å²) in [5, 5.41) is 8.04. The first-order valence-electron chi connectivity index (χ1n) is 3.99. The number of nitrogens with zero attached hydrogens (tertiary/aromatic N) is 1. The molecule has 0 aromatic carbocycles. The molecule has 1 atom stereocenters. The maximum absolute atomic E-state index is 10.9. The standard InChI is InChI=1S/C6H15N3O2S.ClH/c1-8-6-3-2-4-9(5-6)12(7,10)11;/h6,8H,2-5H2,1H3,(H2,7,10,11);1H. The van der Waals surface area contributed by atoms with Gasteiger partial charge < -0.3 is 5.32 Å². The van der Waals surface area contributed by atoms with E-state index in [1.54, 1.807) is 0 Å². The van der Waals surface area contributed by atoms with E-state index in [4.69, 9.17) is 5.14 Å². The molecule has 0 spiro atoms. The maximum atomic E-state index is 10.9. The molecule has 1 unspecified atom stereocenters. The molecule has 0 saturated carbocycles. The highest BCUT2D eigenvalue weighted by Crippen LogP contribution is 2.11.